The number of ether oxygens (including phenoxy) is 1. The van der Waals surface area contributed by atoms with E-state index in [9.17, 15) is 28.8 Å². The first-order chi connectivity index (χ1) is 20.9. The van der Waals surface area contributed by atoms with Crippen LogP contribution >= 0.6 is 0 Å². The Morgan fingerprint density at radius 3 is 2.14 bits per heavy atom. The summed E-state index contributed by atoms with van der Waals surface area (Å²) < 4.78 is 5.19. The lowest BCUT2D eigenvalue weighted by atomic mass is 9.98. The fraction of sp³-hybridized carbons (Fsp3) is 0.625. The molecule has 0 fully saturated rings. The molecule has 4 N–H and O–H groups in total. The van der Waals surface area contributed by atoms with Crippen molar-refractivity contribution in [3.63, 3.8) is 0 Å². The van der Waals surface area contributed by atoms with Gasteiger partial charge in [-0.2, -0.15) is 0 Å². The Morgan fingerprint density at radius 2 is 1.55 bits per heavy atom. The van der Waals surface area contributed by atoms with Gasteiger partial charge >= 0.3 is 11.9 Å². The Balaban J connectivity index is 2.98. The van der Waals surface area contributed by atoms with Gasteiger partial charge in [0.2, 0.25) is 17.7 Å². The lowest BCUT2D eigenvalue weighted by Gasteiger charge is -2.26. The minimum Gasteiger partial charge on any atom is -0.466 e. The van der Waals surface area contributed by atoms with Crippen molar-refractivity contribution in [3.8, 4) is 0 Å². The first-order valence-corrected chi connectivity index (χ1v) is 15.4. The zero-order valence-corrected chi connectivity index (χ0v) is 26.9. The van der Waals surface area contributed by atoms with Crippen molar-refractivity contribution < 1.29 is 38.3 Å². The molecule has 5 atom stereocenters. The summed E-state index contributed by atoms with van der Waals surface area (Å²) >= 11 is 0. The van der Waals surface area contributed by atoms with Crippen molar-refractivity contribution in [1.82, 2.24) is 21.4 Å². The van der Waals surface area contributed by atoms with Crippen LogP contribution in [0.4, 0.5) is 0 Å². The topological polar surface area (TPSA) is 169 Å². The molecule has 0 unspecified atom stereocenters. The van der Waals surface area contributed by atoms with Gasteiger partial charge in [-0.25, -0.2) is 0 Å². The van der Waals surface area contributed by atoms with Crippen molar-refractivity contribution in [2.45, 2.75) is 111 Å². The zero-order chi connectivity index (χ0) is 33.1. The van der Waals surface area contributed by atoms with Gasteiger partial charge in [-0.15, -0.1) is 5.48 Å². The number of carbonyl (C=O) groups is 6. The predicted octanol–water partition coefficient (Wildman–Crippen LogP) is 2.53. The molecule has 246 valence electrons. The molecule has 44 heavy (non-hydrogen) atoms. The maximum Gasteiger partial charge on any atom is 0.329 e. The number of amides is 3. The molecule has 0 saturated heterocycles. The molecule has 3 amide bonds. The Morgan fingerprint density at radius 1 is 0.864 bits per heavy atom. The minimum atomic E-state index is -1.21. The molecule has 0 radical (unpaired) electrons. The van der Waals surface area contributed by atoms with Gasteiger partial charge in [0.25, 0.3) is 0 Å². The summed E-state index contributed by atoms with van der Waals surface area (Å²) in [6.45, 7) is 11.1. The first-order valence-electron chi connectivity index (χ1n) is 15.4. The van der Waals surface area contributed by atoms with Crippen molar-refractivity contribution >= 4 is 35.9 Å². The monoisotopic (exact) mass is 618 g/mol. The highest BCUT2D eigenvalue weighted by molar-refractivity contribution is 5.93. The molecule has 0 bridgehead atoms. The number of esters is 1. The van der Waals surface area contributed by atoms with Gasteiger partial charge in [0.05, 0.1) is 19.1 Å². The van der Waals surface area contributed by atoms with E-state index in [2.05, 4.69) is 21.4 Å². The molecule has 0 aromatic heterocycles. The van der Waals surface area contributed by atoms with Crippen molar-refractivity contribution in [2.75, 3.05) is 6.61 Å². The standard InChI is InChI=1S/C32H50N4O8/c1-7-9-17-43-27(38)16-15-26(31(41)33-23(6)30(40)34-25(20-37)18-21(3)4)35-32(42)29(22(5)8-2)36-44-28(39)19-24-13-11-10-12-14-24/h10-14,20-23,25-26,29,36H,7-9,15-19H2,1-6H3,(H,33,41)(H,34,40)(H,35,42)/t22-,23-,25-,26-,29-/m0/s1. The highest BCUT2D eigenvalue weighted by Gasteiger charge is 2.31. The SMILES string of the molecule is CCCCOC(=O)CC[C@H](NC(=O)[C@@H](NOC(=O)Cc1ccccc1)[C@@H](C)CC)C(=O)N[C@@H](C)C(=O)N[C@H](C=O)CC(C)C. The van der Waals surface area contributed by atoms with Gasteiger partial charge in [-0.3, -0.25) is 24.0 Å². The summed E-state index contributed by atoms with van der Waals surface area (Å²) in [5.41, 5.74) is 3.30. The fourth-order valence-corrected chi connectivity index (χ4v) is 4.13. The normalized spacial score (nSPS) is 14.3. The van der Waals surface area contributed by atoms with E-state index >= 15 is 0 Å². The van der Waals surface area contributed by atoms with Crippen LogP contribution in [-0.4, -0.2) is 66.7 Å². The number of hydroxylamine groups is 1. The third-order valence-electron chi connectivity index (χ3n) is 6.99. The number of hydrogen-bond donors (Lipinski definition) is 4. The smallest absolute Gasteiger partial charge is 0.329 e. The molecule has 1 aromatic rings. The van der Waals surface area contributed by atoms with E-state index in [0.717, 1.165) is 12.0 Å². The van der Waals surface area contributed by atoms with Gasteiger partial charge in [-0.1, -0.05) is 77.8 Å². The van der Waals surface area contributed by atoms with Gasteiger partial charge in [0, 0.05) is 6.42 Å². The number of unbranched alkanes of at least 4 members (excludes halogenated alkanes) is 1. The summed E-state index contributed by atoms with van der Waals surface area (Å²) in [5, 5.41) is 7.82. The third kappa shape index (κ3) is 15.1. The van der Waals surface area contributed by atoms with E-state index in [1.54, 1.807) is 31.2 Å². The molecule has 1 aromatic carbocycles. The van der Waals surface area contributed by atoms with Crippen molar-refractivity contribution in [3.05, 3.63) is 35.9 Å². The van der Waals surface area contributed by atoms with Crippen LogP contribution in [0.15, 0.2) is 30.3 Å². The van der Waals surface area contributed by atoms with Crippen LogP contribution in [0.5, 0.6) is 0 Å². The van der Waals surface area contributed by atoms with Crippen molar-refractivity contribution in [1.29, 1.82) is 0 Å². The van der Waals surface area contributed by atoms with E-state index in [-0.39, 0.29) is 37.7 Å². The molecule has 0 aliphatic carbocycles. The number of hydrogen-bond acceptors (Lipinski definition) is 9. The van der Waals surface area contributed by atoms with Crippen LogP contribution in [0.3, 0.4) is 0 Å². The first kappa shape index (κ1) is 38.2. The molecular weight excluding hydrogens is 568 g/mol. The van der Waals surface area contributed by atoms with E-state index in [4.69, 9.17) is 9.57 Å². The Bertz CT molecular complexity index is 1070. The Hall–Kier alpha value is -3.80. The largest absolute Gasteiger partial charge is 0.466 e. The molecule has 12 nitrogen and oxygen atoms in total. The second-order valence-corrected chi connectivity index (χ2v) is 11.4. The fourth-order valence-electron chi connectivity index (χ4n) is 4.13. The Kier molecular flexibility index (Phi) is 18.2. The highest BCUT2D eigenvalue weighted by atomic mass is 16.7. The molecule has 0 saturated carbocycles. The molecule has 0 aliphatic heterocycles. The molecular formula is C32H50N4O8. The second kappa shape index (κ2) is 21.0. The maximum atomic E-state index is 13.4. The summed E-state index contributed by atoms with van der Waals surface area (Å²) in [4.78, 5) is 80.7. The molecule has 0 aliphatic rings. The van der Waals surface area contributed by atoms with E-state index in [1.165, 1.54) is 6.92 Å². The molecule has 1 rings (SSSR count). The van der Waals surface area contributed by atoms with Gasteiger partial charge in [-0.05, 0) is 43.6 Å². The van der Waals surface area contributed by atoms with Crippen LogP contribution in [0.1, 0.15) is 85.6 Å². The lowest BCUT2D eigenvalue weighted by molar-refractivity contribution is -0.155. The van der Waals surface area contributed by atoms with Crippen LogP contribution in [0.25, 0.3) is 0 Å². The lowest BCUT2D eigenvalue weighted by Crippen LogP contribution is -2.57. The number of rotatable bonds is 21. The minimum absolute atomic E-state index is 0.00403. The van der Waals surface area contributed by atoms with Crippen molar-refractivity contribution in [2.24, 2.45) is 11.8 Å². The molecule has 0 spiro atoms. The summed E-state index contributed by atoms with van der Waals surface area (Å²) in [6.07, 6.45) is 2.92. The molecule has 0 heterocycles. The van der Waals surface area contributed by atoms with Crippen LogP contribution in [0.2, 0.25) is 0 Å². The maximum absolute atomic E-state index is 13.4. The summed E-state index contributed by atoms with van der Waals surface area (Å²) in [5.74, 6) is -3.13. The van der Waals surface area contributed by atoms with Gasteiger partial charge in [0.1, 0.15) is 24.4 Å². The Labute approximate surface area is 260 Å². The quantitative estimate of drug-likeness (QED) is 0.0700. The van der Waals surface area contributed by atoms with E-state index in [1.807, 2.05) is 33.8 Å². The second-order valence-electron chi connectivity index (χ2n) is 11.4. The number of nitrogens with one attached hydrogen (secondary N) is 4. The highest BCUT2D eigenvalue weighted by Crippen LogP contribution is 2.11. The van der Waals surface area contributed by atoms with Gasteiger partial charge in [0.15, 0.2) is 0 Å². The predicted molar refractivity (Wildman–Crippen MR) is 165 cm³/mol. The van der Waals surface area contributed by atoms with Gasteiger partial charge < -0.3 is 30.3 Å². The summed E-state index contributed by atoms with van der Waals surface area (Å²) in [6, 6.07) is 5.04. The summed E-state index contributed by atoms with van der Waals surface area (Å²) in [7, 11) is 0. The third-order valence-corrected chi connectivity index (χ3v) is 6.99. The molecule has 12 heteroatoms. The van der Waals surface area contributed by atoms with Crippen LogP contribution in [0, 0.1) is 11.8 Å². The number of aldehydes is 1. The van der Waals surface area contributed by atoms with Crippen LogP contribution < -0.4 is 21.4 Å². The van der Waals surface area contributed by atoms with E-state index in [0.29, 0.717) is 25.5 Å². The van der Waals surface area contributed by atoms with E-state index < -0.39 is 53.8 Å². The van der Waals surface area contributed by atoms with Crippen LogP contribution in [-0.2, 0) is 44.8 Å². The average Bonchev–Trinajstić information content (AvgIpc) is 2.98. The number of benzene rings is 1. The average molecular weight is 619 g/mol. The number of carbonyl (C=O) groups excluding carboxylic acids is 6. The zero-order valence-electron chi connectivity index (χ0n) is 26.9.